The standard InChI is InChI=1S/C27H22BrClN2O4S2/c1-15-9-20(28)21(10-16(15)2)30-25(32)14-35-22-8-7-17(11-23(22)34-3)12-24-26(33)31(27(36)37-24)19-6-4-5-18(29)13-19/h4-13H,14H2,1-3H3,(H,30,32)/b24-12-. The maximum absolute atomic E-state index is 13.0. The third-order valence-corrected chi connectivity index (χ3v) is 7.76. The Kier molecular flexibility index (Phi) is 8.59. The van der Waals surface area contributed by atoms with E-state index >= 15 is 0 Å². The Morgan fingerprint density at radius 3 is 2.62 bits per heavy atom. The minimum Gasteiger partial charge on any atom is -0.493 e. The van der Waals surface area contributed by atoms with Crippen molar-refractivity contribution in [2.24, 2.45) is 0 Å². The summed E-state index contributed by atoms with van der Waals surface area (Å²) in [6.45, 7) is 3.79. The van der Waals surface area contributed by atoms with E-state index in [4.69, 9.17) is 33.3 Å². The number of halogens is 2. The first-order chi connectivity index (χ1) is 17.7. The van der Waals surface area contributed by atoms with E-state index < -0.39 is 0 Å². The Morgan fingerprint density at radius 1 is 1.14 bits per heavy atom. The molecule has 6 nitrogen and oxygen atoms in total. The van der Waals surface area contributed by atoms with Crippen LogP contribution in [0.3, 0.4) is 0 Å². The first-order valence-corrected chi connectivity index (χ1v) is 13.5. The number of nitrogens with one attached hydrogen (secondary N) is 1. The molecule has 37 heavy (non-hydrogen) atoms. The number of thioether (sulfide) groups is 1. The number of carbonyl (C=O) groups excluding carboxylic acids is 2. The number of hydrogen-bond donors (Lipinski definition) is 1. The first kappa shape index (κ1) is 27.2. The third kappa shape index (κ3) is 6.35. The van der Waals surface area contributed by atoms with E-state index in [0.717, 1.165) is 21.2 Å². The molecule has 0 aromatic heterocycles. The van der Waals surface area contributed by atoms with Gasteiger partial charge in [0.15, 0.2) is 22.4 Å². The summed E-state index contributed by atoms with van der Waals surface area (Å²) in [5, 5.41) is 3.37. The summed E-state index contributed by atoms with van der Waals surface area (Å²) < 4.78 is 12.4. The molecule has 1 fully saturated rings. The minimum atomic E-state index is -0.306. The van der Waals surface area contributed by atoms with Crippen LogP contribution in [0.15, 0.2) is 64.0 Å². The second kappa shape index (κ2) is 11.7. The fourth-order valence-corrected chi connectivity index (χ4v) is 5.60. The largest absolute Gasteiger partial charge is 0.493 e. The Morgan fingerprint density at radius 2 is 1.89 bits per heavy atom. The molecule has 0 aliphatic carbocycles. The summed E-state index contributed by atoms with van der Waals surface area (Å²) in [6, 6.07) is 16.0. The molecule has 0 spiro atoms. The van der Waals surface area contributed by atoms with Gasteiger partial charge in [-0.1, -0.05) is 47.7 Å². The summed E-state index contributed by atoms with van der Waals surface area (Å²) in [6.07, 6.45) is 1.74. The lowest BCUT2D eigenvalue weighted by Crippen LogP contribution is -2.27. The molecule has 0 unspecified atom stereocenters. The summed E-state index contributed by atoms with van der Waals surface area (Å²) in [4.78, 5) is 27.5. The molecule has 190 valence electrons. The van der Waals surface area contributed by atoms with Crippen LogP contribution in [0.25, 0.3) is 6.08 Å². The SMILES string of the molecule is COc1cc(/C=C2\SC(=S)N(c3cccc(Cl)c3)C2=O)ccc1OCC(=O)Nc1cc(C)c(C)cc1Br. The van der Waals surface area contributed by atoms with Crippen molar-refractivity contribution in [3.63, 3.8) is 0 Å². The summed E-state index contributed by atoms with van der Waals surface area (Å²) >= 11 is 16.2. The van der Waals surface area contributed by atoms with Crippen LogP contribution in [0.1, 0.15) is 16.7 Å². The van der Waals surface area contributed by atoms with Crippen LogP contribution in [0, 0.1) is 13.8 Å². The number of amides is 2. The molecule has 0 saturated carbocycles. The van der Waals surface area contributed by atoms with Crippen molar-refractivity contribution in [3.05, 3.63) is 85.7 Å². The molecular weight excluding hydrogens is 596 g/mol. The van der Waals surface area contributed by atoms with Crippen molar-refractivity contribution in [2.75, 3.05) is 23.9 Å². The van der Waals surface area contributed by atoms with Gasteiger partial charge in [0.05, 0.1) is 23.4 Å². The van der Waals surface area contributed by atoms with Crippen molar-refractivity contribution >= 4 is 85.1 Å². The van der Waals surface area contributed by atoms with E-state index in [2.05, 4.69) is 21.2 Å². The summed E-state index contributed by atoms with van der Waals surface area (Å²) in [7, 11) is 1.51. The van der Waals surface area contributed by atoms with Crippen molar-refractivity contribution in [2.45, 2.75) is 13.8 Å². The number of hydrogen-bond acceptors (Lipinski definition) is 6. The number of anilines is 2. The summed E-state index contributed by atoms with van der Waals surface area (Å²) in [5.41, 5.74) is 4.21. The van der Waals surface area contributed by atoms with Crippen LogP contribution in [0.5, 0.6) is 11.5 Å². The molecule has 1 heterocycles. The number of carbonyl (C=O) groups is 2. The normalized spacial score (nSPS) is 14.3. The van der Waals surface area contributed by atoms with Crippen LogP contribution in [0.4, 0.5) is 11.4 Å². The highest BCUT2D eigenvalue weighted by molar-refractivity contribution is 9.10. The Hall–Kier alpha value is -2.85. The van der Waals surface area contributed by atoms with Gasteiger partial charge in [-0.25, -0.2) is 0 Å². The first-order valence-electron chi connectivity index (χ1n) is 11.1. The van der Waals surface area contributed by atoms with Crippen LogP contribution in [-0.4, -0.2) is 29.9 Å². The van der Waals surface area contributed by atoms with Gasteiger partial charge in [-0.05, 0) is 95.0 Å². The molecule has 4 rings (SSSR count). The van der Waals surface area contributed by atoms with Gasteiger partial charge in [0.2, 0.25) is 0 Å². The predicted molar refractivity (Wildman–Crippen MR) is 158 cm³/mol. The fourth-order valence-electron chi connectivity index (χ4n) is 3.56. The fraction of sp³-hybridized carbons (Fsp3) is 0.148. The third-order valence-electron chi connectivity index (χ3n) is 5.56. The van der Waals surface area contributed by atoms with E-state index in [-0.39, 0.29) is 18.4 Å². The summed E-state index contributed by atoms with van der Waals surface area (Å²) in [5.74, 6) is 0.296. The second-order valence-electron chi connectivity index (χ2n) is 8.16. The van der Waals surface area contributed by atoms with E-state index in [1.165, 1.54) is 23.8 Å². The number of methoxy groups -OCH3 is 1. The molecule has 10 heteroatoms. The maximum Gasteiger partial charge on any atom is 0.270 e. The molecule has 1 N–H and O–H groups in total. The average molecular weight is 618 g/mol. The second-order valence-corrected chi connectivity index (χ2v) is 11.1. The number of aryl methyl sites for hydroxylation is 2. The van der Waals surface area contributed by atoms with Gasteiger partial charge in [0.1, 0.15) is 0 Å². The van der Waals surface area contributed by atoms with Crippen molar-refractivity contribution in [1.82, 2.24) is 0 Å². The number of benzene rings is 3. The van der Waals surface area contributed by atoms with E-state index in [0.29, 0.717) is 37.1 Å². The van der Waals surface area contributed by atoms with Gasteiger partial charge in [-0.2, -0.15) is 0 Å². The Balaban J connectivity index is 1.45. The zero-order chi connectivity index (χ0) is 26.7. The molecular formula is C27H22BrClN2O4S2. The van der Waals surface area contributed by atoms with Gasteiger partial charge in [-0.15, -0.1) is 0 Å². The minimum absolute atomic E-state index is 0.201. The molecule has 1 aliphatic rings. The van der Waals surface area contributed by atoms with Crippen molar-refractivity contribution < 1.29 is 19.1 Å². The zero-order valence-electron chi connectivity index (χ0n) is 20.1. The highest BCUT2D eigenvalue weighted by Crippen LogP contribution is 2.38. The van der Waals surface area contributed by atoms with Gasteiger partial charge in [0, 0.05) is 9.50 Å². The smallest absolute Gasteiger partial charge is 0.270 e. The topological polar surface area (TPSA) is 67.9 Å². The number of ether oxygens (including phenoxy) is 2. The van der Waals surface area contributed by atoms with E-state index in [1.54, 1.807) is 48.5 Å². The molecule has 0 radical (unpaired) electrons. The van der Waals surface area contributed by atoms with E-state index in [1.807, 2.05) is 26.0 Å². The number of nitrogens with zero attached hydrogens (tertiary/aromatic N) is 1. The predicted octanol–water partition coefficient (Wildman–Crippen LogP) is 7.15. The van der Waals surface area contributed by atoms with Gasteiger partial charge in [0.25, 0.3) is 11.8 Å². The van der Waals surface area contributed by atoms with Crippen molar-refractivity contribution in [1.29, 1.82) is 0 Å². The molecule has 1 saturated heterocycles. The lowest BCUT2D eigenvalue weighted by molar-refractivity contribution is -0.118. The Bertz CT molecular complexity index is 1440. The van der Waals surface area contributed by atoms with Gasteiger partial charge >= 0.3 is 0 Å². The Labute approximate surface area is 238 Å². The highest BCUT2D eigenvalue weighted by Gasteiger charge is 2.33. The molecule has 3 aromatic carbocycles. The molecule has 1 aliphatic heterocycles. The zero-order valence-corrected chi connectivity index (χ0v) is 24.1. The highest BCUT2D eigenvalue weighted by atomic mass is 79.9. The average Bonchev–Trinajstić information content (AvgIpc) is 3.13. The quantitative estimate of drug-likeness (QED) is 0.224. The van der Waals surface area contributed by atoms with Gasteiger partial charge < -0.3 is 14.8 Å². The van der Waals surface area contributed by atoms with Crippen LogP contribution in [0.2, 0.25) is 5.02 Å². The van der Waals surface area contributed by atoms with Crippen LogP contribution < -0.4 is 19.7 Å². The van der Waals surface area contributed by atoms with E-state index in [9.17, 15) is 9.59 Å². The van der Waals surface area contributed by atoms with Crippen molar-refractivity contribution in [3.8, 4) is 11.5 Å². The number of thiocarbonyl (C=S) groups is 1. The molecule has 3 aromatic rings. The molecule has 2 amide bonds. The lowest BCUT2D eigenvalue weighted by Gasteiger charge is -2.14. The van der Waals surface area contributed by atoms with Crippen LogP contribution >= 0.6 is 51.5 Å². The van der Waals surface area contributed by atoms with Crippen LogP contribution in [-0.2, 0) is 9.59 Å². The molecule has 0 atom stereocenters. The number of rotatable bonds is 7. The maximum atomic E-state index is 13.0. The van der Waals surface area contributed by atoms with Gasteiger partial charge in [-0.3, -0.25) is 14.5 Å². The monoisotopic (exact) mass is 616 g/mol. The molecule has 0 bridgehead atoms. The lowest BCUT2D eigenvalue weighted by atomic mass is 10.1.